The van der Waals surface area contributed by atoms with Crippen molar-refractivity contribution < 1.29 is 36.2 Å². The molecule has 2 unspecified atom stereocenters. The molecule has 1 amide bonds. The first-order valence-electron chi connectivity index (χ1n) is 17.9. The van der Waals surface area contributed by atoms with Crippen LogP contribution in [0.2, 0.25) is 5.02 Å². The summed E-state index contributed by atoms with van der Waals surface area (Å²) in [5.74, 6) is -0.802. The Hall–Kier alpha value is -3.52. The molecular weight excluding hydrogens is 707 g/mol. The average molecular weight is 749 g/mol. The highest BCUT2D eigenvalue weighted by atomic mass is 35.5. The summed E-state index contributed by atoms with van der Waals surface area (Å²) in [6.07, 6.45) is -1.57. The fourth-order valence-electron chi connectivity index (χ4n) is 9.27. The quantitative estimate of drug-likeness (QED) is 0.243. The highest BCUT2D eigenvalue weighted by molar-refractivity contribution is 6.34. The van der Waals surface area contributed by atoms with Crippen molar-refractivity contribution in [2.75, 3.05) is 37.7 Å². The molecule has 1 aliphatic carbocycles. The lowest BCUT2D eigenvalue weighted by Crippen LogP contribution is -2.57. The highest BCUT2D eigenvalue weighted by Crippen LogP contribution is 2.61. The smallest absolute Gasteiger partial charge is 0.418 e. The largest absolute Gasteiger partial charge is 0.461 e. The van der Waals surface area contributed by atoms with Crippen molar-refractivity contribution >= 4 is 34.4 Å². The summed E-state index contributed by atoms with van der Waals surface area (Å²) in [7, 11) is 0. The molecule has 280 valence electrons. The van der Waals surface area contributed by atoms with Gasteiger partial charge >= 0.3 is 18.3 Å². The van der Waals surface area contributed by atoms with E-state index >= 15 is 4.39 Å². The highest BCUT2D eigenvalue weighted by Gasteiger charge is 2.62. The molecular formula is C37H42ClF5N6O3. The number of aryl methyl sites for hydroxylation is 2. The Bertz CT molecular complexity index is 1950. The van der Waals surface area contributed by atoms with Crippen LogP contribution in [0.5, 0.6) is 6.01 Å². The summed E-state index contributed by atoms with van der Waals surface area (Å²) in [6.45, 7) is 10.1. The Balaban J connectivity index is 1.22. The molecule has 1 aromatic carbocycles. The molecule has 8 rings (SSSR count). The number of alkyl halides is 4. The number of nitrogens with zero attached hydrogens (tertiary/aromatic N) is 6. The lowest BCUT2D eigenvalue weighted by Gasteiger charge is -2.42. The first kappa shape index (κ1) is 35.5. The number of hydrogen-bond donors (Lipinski definition) is 0. The molecule has 1 saturated carbocycles. The summed E-state index contributed by atoms with van der Waals surface area (Å²) in [5.41, 5.74) is -3.44. The van der Waals surface area contributed by atoms with Crippen LogP contribution in [0.25, 0.3) is 22.2 Å². The second-order valence-electron chi connectivity index (χ2n) is 16.6. The third kappa shape index (κ3) is 6.11. The number of pyridine rings is 1. The number of piperazine rings is 1. The first-order valence-corrected chi connectivity index (χ1v) is 18.3. The summed E-state index contributed by atoms with van der Waals surface area (Å²) in [4.78, 5) is 32.5. The molecule has 5 aliphatic rings. The van der Waals surface area contributed by atoms with Gasteiger partial charge in [-0.05, 0) is 89.8 Å². The van der Waals surface area contributed by atoms with Crippen LogP contribution in [0.3, 0.4) is 0 Å². The minimum atomic E-state index is -4.84. The van der Waals surface area contributed by atoms with Gasteiger partial charge in [-0.25, -0.2) is 13.6 Å². The van der Waals surface area contributed by atoms with Gasteiger partial charge in [0.25, 0.3) is 0 Å². The van der Waals surface area contributed by atoms with E-state index in [1.54, 1.807) is 4.90 Å². The molecule has 2 bridgehead atoms. The Morgan fingerprint density at radius 2 is 1.73 bits per heavy atom. The van der Waals surface area contributed by atoms with Crippen LogP contribution in [0.1, 0.15) is 76.1 Å². The van der Waals surface area contributed by atoms with Gasteiger partial charge in [-0.2, -0.15) is 23.1 Å². The second kappa shape index (κ2) is 12.0. The van der Waals surface area contributed by atoms with Gasteiger partial charge in [-0.3, -0.25) is 14.8 Å². The van der Waals surface area contributed by atoms with Crippen LogP contribution >= 0.6 is 11.6 Å². The molecule has 2 aromatic heterocycles. The van der Waals surface area contributed by atoms with Crippen molar-refractivity contribution in [3.8, 4) is 17.3 Å². The van der Waals surface area contributed by atoms with Crippen LogP contribution in [-0.4, -0.2) is 93.0 Å². The van der Waals surface area contributed by atoms with E-state index in [9.17, 15) is 22.4 Å². The van der Waals surface area contributed by atoms with Crippen molar-refractivity contribution in [1.29, 1.82) is 0 Å². The molecule has 52 heavy (non-hydrogen) atoms. The van der Waals surface area contributed by atoms with E-state index < -0.39 is 52.2 Å². The number of aromatic nitrogens is 3. The van der Waals surface area contributed by atoms with Crippen molar-refractivity contribution in [3.05, 3.63) is 39.8 Å². The molecule has 6 heterocycles. The molecule has 9 nitrogen and oxygen atoms in total. The molecule has 0 radical (unpaired) electrons. The predicted molar refractivity (Wildman–Crippen MR) is 185 cm³/mol. The third-order valence-corrected chi connectivity index (χ3v) is 11.7. The van der Waals surface area contributed by atoms with Crippen molar-refractivity contribution in [2.45, 2.75) is 109 Å². The monoisotopic (exact) mass is 748 g/mol. The first-order chi connectivity index (χ1) is 24.4. The number of halogens is 6. The summed E-state index contributed by atoms with van der Waals surface area (Å²) < 4.78 is 87.2. The molecule has 3 aromatic rings. The van der Waals surface area contributed by atoms with E-state index in [1.165, 1.54) is 26.0 Å². The number of fused-ring (bicyclic) bond motifs is 4. The van der Waals surface area contributed by atoms with Gasteiger partial charge in [0, 0.05) is 43.7 Å². The molecule has 4 aliphatic heterocycles. The minimum Gasteiger partial charge on any atom is -0.461 e. The Morgan fingerprint density at radius 3 is 2.37 bits per heavy atom. The fraction of sp³-hybridized carbons (Fsp3) is 0.622. The summed E-state index contributed by atoms with van der Waals surface area (Å²) in [6, 6.07) is 2.05. The topological polar surface area (TPSA) is 83.9 Å². The zero-order valence-electron chi connectivity index (χ0n) is 29.8. The molecule has 15 heteroatoms. The molecule has 0 N–H and O–H groups in total. The third-order valence-electron chi connectivity index (χ3n) is 11.4. The van der Waals surface area contributed by atoms with Crippen molar-refractivity contribution in [2.24, 2.45) is 5.41 Å². The molecule has 4 atom stereocenters. The molecule has 1 spiro atoms. The number of amides is 1. The Morgan fingerprint density at radius 1 is 1.04 bits per heavy atom. The van der Waals surface area contributed by atoms with Crippen molar-refractivity contribution in [3.63, 3.8) is 0 Å². The minimum absolute atomic E-state index is 0.0801. The lowest BCUT2D eigenvalue weighted by molar-refractivity contribution is -0.137. The van der Waals surface area contributed by atoms with Gasteiger partial charge in [0.15, 0.2) is 5.82 Å². The van der Waals surface area contributed by atoms with Crippen LogP contribution in [0.4, 0.5) is 32.6 Å². The molecule has 4 saturated heterocycles. The van der Waals surface area contributed by atoms with Gasteiger partial charge in [-0.15, -0.1) is 0 Å². The van der Waals surface area contributed by atoms with Crippen LogP contribution in [0.15, 0.2) is 12.1 Å². The number of carbonyl (C=O) groups excluding carboxylic acids is 1. The lowest BCUT2D eigenvalue weighted by atomic mass is 9.89. The predicted octanol–water partition coefficient (Wildman–Crippen LogP) is 8.05. The zero-order valence-corrected chi connectivity index (χ0v) is 30.6. The number of benzene rings is 1. The van der Waals surface area contributed by atoms with Crippen LogP contribution in [0, 0.1) is 25.1 Å². The Labute approximate surface area is 303 Å². The summed E-state index contributed by atoms with van der Waals surface area (Å²) >= 11 is 6.71. The standard InChI is InChI=1S/C37H42ClF5N6O3/c1-19-10-20(2)44-30(27(19)37(41,42)43)26-25(38)11-24-29(28(26)40)45-32(51-18-36-12-21(39)13-48(36)17-35(16-36)8-9-35)46-31(24)47-14-22-6-7-23(15-47)49(22)33(50)52-34(3,4)5/h10-11,21-23H,6-9,12-18H2,1-5H3/t21-,22?,23?,36+/m1/s1. The van der Waals surface area contributed by atoms with E-state index in [-0.39, 0.29) is 63.1 Å². The van der Waals surface area contributed by atoms with Crippen LogP contribution < -0.4 is 9.64 Å². The normalized spacial score (nSPS) is 26.8. The fourth-order valence-corrected chi connectivity index (χ4v) is 9.55. The number of anilines is 1. The SMILES string of the molecule is Cc1cc(C)c(C(F)(F)F)c(-c2c(Cl)cc3c(N4CC5CCC(C4)N5C(=O)OC(C)(C)C)nc(OC[C@@]45C[C@@H](F)CN4CC4(CC4)C5)nc3c2F)n1. The average Bonchev–Trinajstić information content (AvgIpc) is 3.51. The van der Waals surface area contributed by atoms with Gasteiger partial charge < -0.3 is 14.4 Å². The van der Waals surface area contributed by atoms with E-state index in [4.69, 9.17) is 26.1 Å². The van der Waals surface area contributed by atoms with Gasteiger partial charge in [0.2, 0.25) is 0 Å². The van der Waals surface area contributed by atoms with Gasteiger partial charge in [0.05, 0.1) is 39.5 Å². The van der Waals surface area contributed by atoms with Crippen LogP contribution in [-0.2, 0) is 10.9 Å². The maximum Gasteiger partial charge on any atom is 0.418 e. The number of ether oxygens (including phenoxy) is 2. The maximum absolute atomic E-state index is 17.0. The van der Waals surface area contributed by atoms with Gasteiger partial charge in [-0.1, -0.05) is 11.6 Å². The Kier molecular flexibility index (Phi) is 8.19. The maximum atomic E-state index is 17.0. The number of carbonyl (C=O) groups is 1. The van der Waals surface area contributed by atoms with E-state index in [1.807, 2.05) is 25.7 Å². The second-order valence-corrected chi connectivity index (χ2v) is 17.0. The molecule has 5 fully saturated rings. The van der Waals surface area contributed by atoms with E-state index in [0.717, 1.165) is 38.6 Å². The van der Waals surface area contributed by atoms with E-state index in [0.29, 0.717) is 26.1 Å². The van der Waals surface area contributed by atoms with Gasteiger partial charge in [0.1, 0.15) is 29.7 Å². The zero-order chi connectivity index (χ0) is 37.1. The number of hydrogen-bond acceptors (Lipinski definition) is 8. The van der Waals surface area contributed by atoms with E-state index in [2.05, 4.69) is 14.9 Å². The number of rotatable bonds is 5. The van der Waals surface area contributed by atoms with Crippen molar-refractivity contribution in [1.82, 2.24) is 24.8 Å². The summed E-state index contributed by atoms with van der Waals surface area (Å²) in [5, 5.41) is -0.0963.